The molecule has 0 atom stereocenters. The van der Waals surface area contributed by atoms with Crippen LogP contribution >= 0.6 is 0 Å². The average Bonchev–Trinajstić information content (AvgIpc) is 3.10. The highest BCUT2D eigenvalue weighted by Crippen LogP contribution is 2.32. The summed E-state index contributed by atoms with van der Waals surface area (Å²) >= 11 is 0. The zero-order chi connectivity index (χ0) is 10.7. The van der Waals surface area contributed by atoms with Crippen LogP contribution in [0.15, 0.2) is 18.3 Å². The number of pyridine rings is 1. The maximum atomic E-state index is 9.27. The summed E-state index contributed by atoms with van der Waals surface area (Å²) in [5.41, 5.74) is 0.942. The molecule has 1 aromatic heterocycles. The van der Waals surface area contributed by atoms with E-state index in [9.17, 15) is 5.11 Å². The van der Waals surface area contributed by atoms with Crippen molar-refractivity contribution in [2.75, 3.05) is 11.4 Å². The molecule has 1 N–H and O–H groups in total. The lowest BCUT2D eigenvalue weighted by Gasteiger charge is -2.24. The van der Waals surface area contributed by atoms with Gasteiger partial charge in [-0.15, -0.1) is 0 Å². The highest BCUT2D eigenvalue weighted by molar-refractivity contribution is 5.48. The molecule has 0 unspecified atom stereocenters. The summed E-state index contributed by atoms with van der Waals surface area (Å²) < 4.78 is 0. The van der Waals surface area contributed by atoms with Gasteiger partial charge in [0.15, 0.2) is 0 Å². The van der Waals surface area contributed by atoms with Crippen molar-refractivity contribution in [2.24, 2.45) is 0 Å². The second-order valence-corrected chi connectivity index (χ2v) is 4.07. The third-order valence-corrected chi connectivity index (χ3v) is 2.76. The molecule has 1 aliphatic rings. The van der Waals surface area contributed by atoms with Gasteiger partial charge >= 0.3 is 0 Å². The first-order chi connectivity index (χ1) is 7.36. The third kappa shape index (κ3) is 2.29. The van der Waals surface area contributed by atoms with Gasteiger partial charge in [-0.1, -0.05) is 13.0 Å². The Morgan fingerprint density at radius 2 is 2.33 bits per heavy atom. The Morgan fingerprint density at radius 3 is 2.93 bits per heavy atom. The Hall–Kier alpha value is -1.09. The molecule has 1 heterocycles. The summed E-state index contributed by atoms with van der Waals surface area (Å²) in [5.74, 6) is 0.976. The Bertz CT molecular complexity index is 323. The third-order valence-electron chi connectivity index (χ3n) is 2.76. The monoisotopic (exact) mass is 206 g/mol. The average molecular weight is 206 g/mol. The van der Waals surface area contributed by atoms with E-state index in [1.165, 1.54) is 12.8 Å². The quantitative estimate of drug-likeness (QED) is 0.800. The van der Waals surface area contributed by atoms with Crippen molar-refractivity contribution in [1.82, 2.24) is 4.98 Å². The van der Waals surface area contributed by atoms with Gasteiger partial charge in [0.2, 0.25) is 0 Å². The standard InChI is InChI=1S/C12H18N2O/c1-2-8-14(11-5-6-11)12-10(9-15)4-3-7-13-12/h3-4,7,11,15H,2,5-6,8-9H2,1H3. The van der Waals surface area contributed by atoms with Crippen molar-refractivity contribution in [3.05, 3.63) is 23.9 Å². The predicted molar refractivity (Wildman–Crippen MR) is 60.8 cm³/mol. The van der Waals surface area contributed by atoms with Crippen LogP contribution in [0.4, 0.5) is 5.82 Å². The molecule has 15 heavy (non-hydrogen) atoms. The highest BCUT2D eigenvalue weighted by Gasteiger charge is 2.30. The first-order valence-electron chi connectivity index (χ1n) is 5.68. The lowest BCUT2D eigenvalue weighted by Crippen LogP contribution is -2.28. The van der Waals surface area contributed by atoms with E-state index in [1.807, 2.05) is 12.1 Å². The van der Waals surface area contributed by atoms with E-state index in [4.69, 9.17) is 0 Å². The normalized spacial score (nSPS) is 15.3. The first-order valence-corrected chi connectivity index (χ1v) is 5.68. The van der Waals surface area contributed by atoms with E-state index in [0.717, 1.165) is 24.3 Å². The fraction of sp³-hybridized carbons (Fsp3) is 0.583. The van der Waals surface area contributed by atoms with Gasteiger partial charge in [-0.05, 0) is 25.3 Å². The number of aliphatic hydroxyl groups is 1. The number of anilines is 1. The second-order valence-electron chi connectivity index (χ2n) is 4.07. The summed E-state index contributed by atoms with van der Waals surface area (Å²) in [6.45, 7) is 3.29. The van der Waals surface area contributed by atoms with Crippen LogP contribution in [-0.2, 0) is 6.61 Å². The van der Waals surface area contributed by atoms with Gasteiger partial charge in [-0.3, -0.25) is 0 Å². The largest absolute Gasteiger partial charge is 0.392 e. The number of rotatable bonds is 5. The van der Waals surface area contributed by atoms with E-state index >= 15 is 0 Å². The highest BCUT2D eigenvalue weighted by atomic mass is 16.3. The van der Waals surface area contributed by atoms with E-state index in [2.05, 4.69) is 16.8 Å². The van der Waals surface area contributed by atoms with E-state index in [1.54, 1.807) is 6.20 Å². The Balaban J connectivity index is 2.23. The minimum Gasteiger partial charge on any atom is -0.392 e. The molecule has 0 saturated heterocycles. The first kappa shape index (κ1) is 10.4. The molecule has 0 spiro atoms. The number of nitrogens with zero attached hydrogens (tertiary/aromatic N) is 2. The van der Waals surface area contributed by atoms with Gasteiger partial charge in [0, 0.05) is 24.3 Å². The summed E-state index contributed by atoms with van der Waals surface area (Å²) in [6.07, 6.45) is 5.46. The molecule has 1 aromatic rings. The Labute approximate surface area is 90.8 Å². The Kier molecular flexibility index (Phi) is 3.21. The van der Waals surface area contributed by atoms with Crippen LogP contribution < -0.4 is 4.90 Å². The summed E-state index contributed by atoms with van der Waals surface area (Å²) in [5, 5.41) is 9.27. The number of aliphatic hydroxyl groups excluding tert-OH is 1. The smallest absolute Gasteiger partial charge is 0.134 e. The fourth-order valence-corrected chi connectivity index (χ4v) is 1.90. The van der Waals surface area contributed by atoms with Crippen LogP contribution in [0.1, 0.15) is 31.7 Å². The molecule has 0 aromatic carbocycles. The van der Waals surface area contributed by atoms with E-state index < -0.39 is 0 Å². The molecule has 82 valence electrons. The van der Waals surface area contributed by atoms with Gasteiger partial charge in [0.1, 0.15) is 5.82 Å². The van der Waals surface area contributed by atoms with Crippen LogP contribution in [0.25, 0.3) is 0 Å². The summed E-state index contributed by atoms with van der Waals surface area (Å²) in [6, 6.07) is 4.49. The van der Waals surface area contributed by atoms with Gasteiger partial charge in [0.25, 0.3) is 0 Å². The number of hydrogen-bond donors (Lipinski definition) is 1. The van der Waals surface area contributed by atoms with Crippen molar-refractivity contribution in [2.45, 2.75) is 38.8 Å². The maximum absolute atomic E-state index is 9.27. The van der Waals surface area contributed by atoms with Gasteiger partial charge < -0.3 is 10.0 Å². The topological polar surface area (TPSA) is 36.4 Å². The van der Waals surface area contributed by atoms with E-state index in [-0.39, 0.29) is 6.61 Å². The zero-order valence-electron chi connectivity index (χ0n) is 9.19. The molecule has 0 radical (unpaired) electrons. The molecule has 3 heteroatoms. The Morgan fingerprint density at radius 1 is 1.53 bits per heavy atom. The SMILES string of the molecule is CCCN(c1ncccc1CO)C1CC1. The minimum atomic E-state index is 0.0795. The predicted octanol–water partition coefficient (Wildman–Crippen LogP) is 1.95. The summed E-state index contributed by atoms with van der Waals surface area (Å²) in [4.78, 5) is 6.73. The van der Waals surface area contributed by atoms with Crippen molar-refractivity contribution in [3.63, 3.8) is 0 Å². The van der Waals surface area contributed by atoms with Gasteiger partial charge in [-0.25, -0.2) is 4.98 Å². The van der Waals surface area contributed by atoms with Gasteiger partial charge in [0.05, 0.1) is 6.61 Å². The molecule has 2 rings (SSSR count). The van der Waals surface area contributed by atoms with Crippen molar-refractivity contribution < 1.29 is 5.11 Å². The fourth-order valence-electron chi connectivity index (χ4n) is 1.90. The van der Waals surface area contributed by atoms with Crippen LogP contribution in [0.3, 0.4) is 0 Å². The van der Waals surface area contributed by atoms with Crippen molar-refractivity contribution in [1.29, 1.82) is 0 Å². The lowest BCUT2D eigenvalue weighted by atomic mass is 10.2. The van der Waals surface area contributed by atoms with Crippen LogP contribution in [0.5, 0.6) is 0 Å². The lowest BCUT2D eigenvalue weighted by molar-refractivity contribution is 0.281. The number of hydrogen-bond acceptors (Lipinski definition) is 3. The summed E-state index contributed by atoms with van der Waals surface area (Å²) in [7, 11) is 0. The van der Waals surface area contributed by atoms with Crippen molar-refractivity contribution >= 4 is 5.82 Å². The van der Waals surface area contributed by atoms with Crippen LogP contribution in [0.2, 0.25) is 0 Å². The molecule has 0 bridgehead atoms. The molecule has 0 aliphatic heterocycles. The maximum Gasteiger partial charge on any atom is 0.134 e. The molecule has 1 aliphatic carbocycles. The molecular weight excluding hydrogens is 188 g/mol. The second kappa shape index (κ2) is 4.62. The molecule has 1 saturated carbocycles. The minimum absolute atomic E-state index is 0.0795. The van der Waals surface area contributed by atoms with Crippen LogP contribution in [0, 0.1) is 0 Å². The number of aromatic nitrogens is 1. The molecule has 3 nitrogen and oxygen atoms in total. The van der Waals surface area contributed by atoms with Crippen LogP contribution in [-0.4, -0.2) is 22.7 Å². The van der Waals surface area contributed by atoms with E-state index in [0.29, 0.717) is 6.04 Å². The van der Waals surface area contributed by atoms with Crippen molar-refractivity contribution in [3.8, 4) is 0 Å². The van der Waals surface area contributed by atoms with Gasteiger partial charge in [-0.2, -0.15) is 0 Å². The molecule has 0 amide bonds. The zero-order valence-corrected chi connectivity index (χ0v) is 9.19. The molecular formula is C12H18N2O. The molecule has 1 fully saturated rings.